The number of benzene rings is 2. The molecule has 0 aliphatic carbocycles. The molecule has 146 valence electrons. The second-order valence-electron chi connectivity index (χ2n) is 6.50. The third kappa shape index (κ3) is 4.49. The summed E-state index contributed by atoms with van der Waals surface area (Å²) in [5.41, 5.74) is 2.98. The van der Waals surface area contributed by atoms with Gasteiger partial charge < -0.3 is 15.0 Å². The van der Waals surface area contributed by atoms with E-state index in [0.717, 1.165) is 30.1 Å². The number of ether oxygens (including phenoxy) is 1. The Kier molecular flexibility index (Phi) is 6.26. The van der Waals surface area contributed by atoms with Gasteiger partial charge in [-0.15, -0.1) is 5.10 Å². The summed E-state index contributed by atoms with van der Waals surface area (Å²) in [6, 6.07) is 17.6. The molecule has 3 aromatic rings. The van der Waals surface area contributed by atoms with Crippen molar-refractivity contribution in [3.63, 3.8) is 0 Å². The van der Waals surface area contributed by atoms with Gasteiger partial charge in [0.2, 0.25) is 0 Å². The highest BCUT2D eigenvalue weighted by Gasteiger charge is 2.17. The number of nitrogens with zero attached hydrogens (tertiary/aromatic N) is 4. The van der Waals surface area contributed by atoms with E-state index < -0.39 is 0 Å². The summed E-state index contributed by atoms with van der Waals surface area (Å²) in [6.45, 7) is 3.25. The second kappa shape index (κ2) is 9.03. The van der Waals surface area contributed by atoms with Crippen LogP contribution in [0.4, 0.5) is 5.69 Å². The number of amides is 1. The van der Waals surface area contributed by atoms with E-state index in [1.165, 1.54) is 0 Å². The molecule has 0 spiro atoms. The number of rotatable bonds is 8. The van der Waals surface area contributed by atoms with E-state index in [2.05, 4.69) is 32.7 Å². The number of nitrogens with one attached hydrogen (secondary N) is 1. The molecular formula is C21H25N5O2. The van der Waals surface area contributed by atoms with Crippen molar-refractivity contribution in [2.75, 3.05) is 32.1 Å². The van der Waals surface area contributed by atoms with Gasteiger partial charge in [0, 0.05) is 31.9 Å². The molecule has 7 heteroatoms. The van der Waals surface area contributed by atoms with Crippen LogP contribution in [0.15, 0.2) is 54.6 Å². The highest BCUT2D eigenvalue weighted by Crippen LogP contribution is 2.18. The molecule has 1 heterocycles. The van der Waals surface area contributed by atoms with Crippen molar-refractivity contribution < 1.29 is 9.53 Å². The molecule has 0 fully saturated rings. The summed E-state index contributed by atoms with van der Waals surface area (Å²) in [5.74, 6) is 0.509. The number of methoxy groups -OCH3 is 1. The third-order valence-electron chi connectivity index (χ3n) is 4.56. The van der Waals surface area contributed by atoms with Crippen molar-refractivity contribution in [3.05, 3.63) is 66.0 Å². The average Bonchev–Trinajstić information content (AvgIpc) is 3.13. The number of hydrogen-bond acceptors (Lipinski definition) is 5. The van der Waals surface area contributed by atoms with Crippen LogP contribution in [0, 0.1) is 6.92 Å². The smallest absolute Gasteiger partial charge is 0.273 e. The quantitative estimate of drug-likeness (QED) is 0.610. The van der Waals surface area contributed by atoms with Crippen LogP contribution in [0.25, 0.3) is 5.69 Å². The zero-order valence-corrected chi connectivity index (χ0v) is 16.4. The lowest BCUT2D eigenvalue weighted by molar-refractivity contribution is 0.0947. The first-order valence-corrected chi connectivity index (χ1v) is 9.21. The molecule has 0 unspecified atom stereocenters. The minimum Gasteiger partial charge on any atom is -0.497 e. The van der Waals surface area contributed by atoms with Crippen LogP contribution in [-0.4, -0.2) is 48.1 Å². The predicted molar refractivity (Wildman–Crippen MR) is 109 cm³/mol. The SMILES string of the molecule is COc1cccc(-n2nnc(C(=O)NCCCN(C)c3ccccc3)c2C)c1. The number of hydrogen-bond donors (Lipinski definition) is 1. The Balaban J connectivity index is 1.56. The third-order valence-corrected chi connectivity index (χ3v) is 4.56. The Bertz CT molecular complexity index is 924. The lowest BCUT2D eigenvalue weighted by Crippen LogP contribution is -2.28. The molecule has 1 aromatic heterocycles. The predicted octanol–water partition coefficient (Wildman–Crippen LogP) is 2.84. The number of carbonyl (C=O) groups excluding carboxylic acids is 1. The van der Waals surface area contributed by atoms with Crippen LogP contribution >= 0.6 is 0 Å². The van der Waals surface area contributed by atoms with Crippen molar-refractivity contribution >= 4 is 11.6 Å². The zero-order chi connectivity index (χ0) is 19.9. The molecule has 0 bridgehead atoms. The maximum atomic E-state index is 12.5. The maximum absolute atomic E-state index is 12.5. The van der Waals surface area contributed by atoms with E-state index in [1.807, 2.05) is 56.4 Å². The molecule has 0 saturated heterocycles. The first-order valence-electron chi connectivity index (χ1n) is 9.21. The van der Waals surface area contributed by atoms with E-state index in [0.29, 0.717) is 17.9 Å². The number of aromatic nitrogens is 3. The van der Waals surface area contributed by atoms with Gasteiger partial charge in [0.1, 0.15) is 5.75 Å². The van der Waals surface area contributed by atoms with Gasteiger partial charge in [-0.05, 0) is 37.6 Å². The second-order valence-corrected chi connectivity index (χ2v) is 6.50. The fraction of sp³-hybridized carbons (Fsp3) is 0.286. The number of carbonyl (C=O) groups is 1. The molecule has 0 aliphatic rings. The Labute approximate surface area is 164 Å². The van der Waals surface area contributed by atoms with Crippen molar-refractivity contribution in [3.8, 4) is 11.4 Å². The topological polar surface area (TPSA) is 72.3 Å². The molecule has 2 aromatic carbocycles. The Morgan fingerprint density at radius 1 is 1.18 bits per heavy atom. The lowest BCUT2D eigenvalue weighted by atomic mass is 10.2. The van der Waals surface area contributed by atoms with Gasteiger partial charge in [-0.3, -0.25) is 4.79 Å². The molecular weight excluding hydrogens is 354 g/mol. The van der Waals surface area contributed by atoms with Gasteiger partial charge >= 0.3 is 0 Å². The van der Waals surface area contributed by atoms with E-state index in [4.69, 9.17) is 4.74 Å². The number of anilines is 1. The first-order chi connectivity index (χ1) is 13.6. The minimum absolute atomic E-state index is 0.214. The van der Waals surface area contributed by atoms with Gasteiger partial charge in [-0.25, -0.2) is 4.68 Å². The van der Waals surface area contributed by atoms with E-state index in [9.17, 15) is 4.79 Å². The van der Waals surface area contributed by atoms with Gasteiger partial charge in [0.15, 0.2) is 5.69 Å². The Morgan fingerprint density at radius 3 is 2.71 bits per heavy atom. The fourth-order valence-corrected chi connectivity index (χ4v) is 2.94. The Morgan fingerprint density at radius 2 is 1.96 bits per heavy atom. The first kappa shape index (κ1) is 19.4. The van der Waals surface area contributed by atoms with Gasteiger partial charge in [0.05, 0.1) is 18.5 Å². The monoisotopic (exact) mass is 379 g/mol. The Hall–Kier alpha value is -3.35. The van der Waals surface area contributed by atoms with Crippen LogP contribution in [0.2, 0.25) is 0 Å². The number of para-hydroxylation sites is 1. The largest absolute Gasteiger partial charge is 0.497 e. The van der Waals surface area contributed by atoms with E-state index in [-0.39, 0.29) is 5.91 Å². The zero-order valence-electron chi connectivity index (χ0n) is 16.4. The van der Waals surface area contributed by atoms with Crippen molar-refractivity contribution in [1.29, 1.82) is 0 Å². The summed E-state index contributed by atoms with van der Waals surface area (Å²) in [6.07, 6.45) is 0.834. The van der Waals surface area contributed by atoms with Crippen LogP contribution in [0.3, 0.4) is 0 Å². The fourth-order valence-electron chi connectivity index (χ4n) is 2.94. The van der Waals surface area contributed by atoms with Crippen molar-refractivity contribution in [2.24, 2.45) is 0 Å². The molecule has 7 nitrogen and oxygen atoms in total. The highest BCUT2D eigenvalue weighted by atomic mass is 16.5. The standard InChI is InChI=1S/C21H25N5O2/c1-16-20(23-24-26(16)18-11-7-12-19(15-18)28-3)21(27)22-13-8-14-25(2)17-9-5-4-6-10-17/h4-7,9-12,15H,8,13-14H2,1-3H3,(H,22,27). The molecule has 28 heavy (non-hydrogen) atoms. The van der Waals surface area contributed by atoms with Crippen LogP contribution in [0.5, 0.6) is 5.75 Å². The summed E-state index contributed by atoms with van der Waals surface area (Å²) in [5, 5.41) is 11.1. The lowest BCUT2D eigenvalue weighted by Gasteiger charge is -2.19. The molecule has 3 rings (SSSR count). The van der Waals surface area contributed by atoms with Crippen molar-refractivity contribution in [1.82, 2.24) is 20.3 Å². The summed E-state index contributed by atoms with van der Waals surface area (Å²) < 4.78 is 6.88. The highest BCUT2D eigenvalue weighted by molar-refractivity contribution is 5.93. The summed E-state index contributed by atoms with van der Waals surface area (Å²) in [7, 11) is 3.66. The van der Waals surface area contributed by atoms with E-state index >= 15 is 0 Å². The van der Waals surface area contributed by atoms with Gasteiger partial charge in [-0.1, -0.05) is 29.5 Å². The van der Waals surface area contributed by atoms with Gasteiger partial charge in [-0.2, -0.15) is 0 Å². The van der Waals surface area contributed by atoms with Crippen LogP contribution in [0.1, 0.15) is 22.6 Å². The summed E-state index contributed by atoms with van der Waals surface area (Å²) >= 11 is 0. The molecule has 0 saturated carbocycles. The summed E-state index contributed by atoms with van der Waals surface area (Å²) in [4.78, 5) is 14.6. The maximum Gasteiger partial charge on any atom is 0.273 e. The van der Waals surface area contributed by atoms with E-state index in [1.54, 1.807) is 11.8 Å². The molecule has 1 N–H and O–H groups in total. The average molecular weight is 379 g/mol. The normalized spacial score (nSPS) is 10.5. The minimum atomic E-state index is -0.214. The van der Waals surface area contributed by atoms with Crippen LogP contribution < -0.4 is 15.0 Å². The molecule has 1 amide bonds. The molecule has 0 atom stereocenters. The molecule has 0 aliphatic heterocycles. The van der Waals surface area contributed by atoms with Crippen molar-refractivity contribution in [2.45, 2.75) is 13.3 Å². The van der Waals surface area contributed by atoms with Crippen LogP contribution in [-0.2, 0) is 0 Å². The van der Waals surface area contributed by atoms with Gasteiger partial charge in [0.25, 0.3) is 5.91 Å². The molecule has 0 radical (unpaired) electrons.